The van der Waals surface area contributed by atoms with Crippen molar-refractivity contribution in [1.29, 1.82) is 0 Å². The first kappa shape index (κ1) is 15.3. The molecular weight excluding hydrogens is 232 g/mol. The molecular formula is C17H34N2. The summed E-state index contributed by atoms with van der Waals surface area (Å²) in [6.07, 6.45) is 14.4. The maximum absolute atomic E-state index is 3.74. The Hall–Kier alpha value is -0.0800. The molecule has 112 valence electrons. The first-order valence-electron chi connectivity index (χ1n) is 8.78. The first-order chi connectivity index (χ1) is 9.35. The van der Waals surface area contributed by atoms with Crippen LogP contribution in [-0.2, 0) is 0 Å². The summed E-state index contributed by atoms with van der Waals surface area (Å²) in [5, 5.41) is 3.74. The quantitative estimate of drug-likeness (QED) is 0.581. The molecule has 0 radical (unpaired) electrons. The highest BCUT2D eigenvalue weighted by molar-refractivity contribution is 4.87. The van der Waals surface area contributed by atoms with Crippen molar-refractivity contribution in [2.45, 2.75) is 71.1 Å². The Morgan fingerprint density at radius 2 is 1.53 bits per heavy atom. The van der Waals surface area contributed by atoms with Crippen molar-refractivity contribution in [2.24, 2.45) is 5.41 Å². The molecule has 0 amide bonds. The second kappa shape index (κ2) is 8.26. The normalized spacial score (nSPS) is 25.1. The number of rotatable bonds is 6. The summed E-state index contributed by atoms with van der Waals surface area (Å²) in [4.78, 5) is 2.77. The third-order valence-corrected chi connectivity index (χ3v) is 5.10. The van der Waals surface area contributed by atoms with Crippen molar-refractivity contribution < 1.29 is 0 Å². The fraction of sp³-hybridized carbons (Fsp3) is 1.00. The summed E-state index contributed by atoms with van der Waals surface area (Å²) in [6, 6.07) is 0. The molecule has 1 saturated heterocycles. The van der Waals surface area contributed by atoms with E-state index in [9.17, 15) is 0 Å². The Balaban J connectivity index is 1.90. The van der Waals surface area contributed by atoms with Crippen molar-refractivity contribution in [2.75, 3.05) is 32.7 Å². The van der Waals surface area contributed by atoms with Gasteiger partial charge in [0, 0.05) is 13.1 Å². The van der Waals surface area contributed by atoms with E-state index in [1.807, 2.05) is 0 Å². The molecule has 1 N–H and O–H groups in total. The van der Waals surface area contributed by atoms with Crippen LogP contribution >= 0.6 is 0 Å². The number of hydrogen-bond acceptors (Lipinski definition) is 2. The van der Waals surface area contributed by atoms with E-state index >= 15 is 0 Å². The molecule has 0 aromatic rings. The Bertz CT molecular complexity index is 225. The molecule has 19 heavy (non-hydrogen) atoms. The van der Waals surface area contributed by atoms with Gasteiger partial charge in [0.1, 0.15) is 0 Å². The molecule has 0 atom stereocenters. The number of nitrogens with zero attached hydrogens (tertiary/aromatic N) is 1. The minimum absolute atomic E-state index is 0.586. The molecule has 0 bridgehead atoms. The van der Waals surface area contributed by atoms with Gasteiger partial charge in [0.2, 0.25) is 0 Å². The zero-order chi connectivity index (χ0) is 13.4. The third kappa shape index (κ3) is 5.07. The smallest absolute Gasteiger partial charge is 0.00501 e. The molecule has 0 aromatic carbocycles. The molecule has 0 spiro atoms. The fourth-order valence-electron chi connectivity index (χ4n) is 3.99. The highest BCUT2D eigenvalue weighted by Crippen LogP contribution is 2.36. The van der Waals surface area contributed by atoms with Gasteiger partial charge >= 0.3 is 0 Å². The van der Waals surface area contributed by atoms with Gasteiger partial charge in [0.15, 0.2) is 0 Å². The zero-order valence-electron chi connectivity index (χ0n) is 13.1. The van der Waals surface area contributed by atoms with E-state index in [1.165, 1.54) is 96.9 Å². The standard InChI is InChI=1S/C17H34N2/c1-2-12-18-15-17(10-6-3-4-7-11-17)16-19-13-8-5-9-14-19/h18H,2-16H2,1H3. The molecule has 0 aromatic heterocycles. The molecule has 2 nitrogen and oxygen atoms in total. The maximum atomic E-state index is 3.74. The van der Waals surface area contributed by atoms with E-state index in [1.54, 1.807) is 0 Å². The van der Waals surface area contributed by atoms with E-state index in [0.717, 1.165) is 0 Å². The number of likely N-dealkylation sites (tertiary alicyclic amines) is 1. The molecule has 1 aliphatic carbocycles. The van der Waals surface area contributed by atoms with Gasteiger partial charge in [0.05, 0.1) is 0 Å². The molecule has 2 aliphatic rings. The van der Waals surface area contributed by atoms with Crippen molar-refractivity contribution in [3.05, 3.63) is 0 Å². The average molecular weight is 266 g/mol. The van der Waals surface area contributed by atoms with Crippen LogP contribution in [-0.4, -0.2) is 37.6 Å². The van der Waals surface area contributed by atoms with Crippen LogP contribution in [0.1, 0.15) is 71.1 Å². The molecule has 1 heterocycles. The van der Waals surface area contributed by atoms with Crippen molar-refractivity contribution in [3.8, 4) is 0 Å². The Labute approximate surface area is 120 Å². The van der Waals surface area contributed by atoms with Gasteiger partial charge in [-0.25, -0.2) is 0 Å². The van der Waals surface area contributed by atoms with Gasteiger partial charge < -0.3 is 10.2 Å². The van der Waals surface area contributed by atoms with E-state index in [0.29, 0.717) is 5.41 Å². The lowest BCUT2D eigenvalue weighted by Crippen LogP contribution is -2.45. The van der Waals surface area contributed by atoms with Crippen LogP contribution in [0.2, 0.25) is 0 Å². The summed E-state index contributed by atoms with van der Waals surface area (Å²) in [7, 11) is 0. The van der Waals surface area contributed by atoms with Crippen LogP contribution in [0.15, 0.2) is 0 Å². The number of hydrogen-bond donors (Lipinski definition) is 1. The lowest BCUT2D eigenvalue weighted by Gasteiger charge is -2.40. The van der Waals surface area contributed by atoms with E-state index in [4.69, 9.17) is 0 Å². The minimum atomic E-state index is 0.586. The summed E-state index contributed by atoms with van der Waals surface area (Å²) < 4.78 is 0. The monoisotopic (exact) mass is 266 g/mol. The maximum Gasteiger partial charge on any atom is 0.00501 e. The first-order valence-corrected chi connectivity index (χ1v) is 8.78. The lowest BCUT2D eigenvalue weighted by molar-refractivity contribution is 0.111. The zero-order valence-corrected chi connectivity index (χ0v) is 13.1. The van der Waals surface area contributed by atoms with Crippen LogP contribution in [0.5, 0.6) is 0 Å². The van der Waals surface area contributed by atoms with Crippen LogP contribution in [0, 0.1) is 5.41 Å². The summed E-state index contributed by atoms with van der Waals surface area (Å²) >= 11 is 0. The molecule has 2 rings (SSSR count). The van der Waals surface area contributed by atoms with Gasteiger partial charge in [-0.15, -0.1) is 0 Å². The average Bonchev–Trinajstić information content (AvgIpc) is 2.66. The highest BCUT2D eigenvalue weighted by Gasteiger charge is 2.32. The van der Waals surface area contributed by atoms with E-state index in [2.05, 4.69) is 17.1 Å². The molecule has 0 unspecified atom stereocenters. The van der Waals surface area contributed by atoms with Crippen molar-refractivity contribution in [1.82, 2.24) is 10.2 Å². The lowest BCUT2D eigenvalue weighted by atomic mass is 9.79. The summed E-state index contributed by atoms with van der Waals surface area (Å²) in [5.41, 5.74) is 0.586. The second-order valence-electron chi connectivity index (χ2n) is 6.93. The Morgan fingerprint density at radius 3 is 2.16 bits per heavy atom. The van der Waals surface area contributed by atoms with E-state index < -0.39 is 0 Å². The largest absolute Gasteiger partial charge is 0.316 e. The SMILES string of the molecule is CCCNCC1(CN2CCCCC2)CCCCCC1. The third-order valence-electron chi connectivity index (χ3n) is 5.10. The molecule has 2 fully saturated rings. The van der Waals surface area contributed by atoms with Gasteiger partial charge in [0.25, 0.3) is 0 Å². The van der Waals surface area contributed by atoms with Crippen molar-refractivity contribution in [3.63, 3.8) is 0 Å². The highest BCUT2D eigenvalue weighted by atomic mass is 15.1. The predicted molar refractivity (Wildman–Crippen MR) is 83.6 cm³/mol. The summed E-state index contributed by atoms with van der Waals surface area (Å²) in [6.45, 7) is 8.81. The van der Waals surface area contributed by atoms with Crippen LogP contribution < -0.4 is 5.32 Å². The molecule has 2 heteroatoms. The number of piperidine rings is 1. The van der Waals surface area contributed by atoms with Gasteiger partial charge in [-0.3, -0.25) is 0 Å². The van der Waals surface area contributed by atoms with Crippen molar-refractivity contribution >= 4 is 0 Å². The van der Waals surface area contributed by atoms with Crippen LogP contribution in [0.4, 0.5) is 0 Å². The Morgan fingerprint density at radius 1 is 0.895 bits per heavy atom. The van der Waals surface area contributed by atoms with Crippen LogP contribution in [0.3, 0.4) is 0 Å². The summed E-state index contributed by atoms with van der Waals surface area (Å²) in [5.74, 6) is 0. The Kier molecular flexibility index (Phi) is 6.66. The molecule has 1 saturated carbocycles. The van der Waals surface area contributed by atoms with E-state index in [-0.39, 0.29) is 0 Å². The molecule has 1 aliphatic heterocycles. The fourth-order valence-corrected chi connectivity index (χ4v) is 3.99. The number of nitrogens with one attached hydrogen (secondary N) is 1. The van der Waals surface area contributed by atoms with Crippen LogP contribution in [0.25, 0.3) is 0 Å². The van der Waals surface area contributed by atoms with Gasteiger partial charge in [-0.1, -0.05) is 39.0 Å². The predicted octanol–water partition coefficient (Wildman–Crippen LogP) is 3.81. The topological polar surface area (TPSA) is 15.3 Å². The van der Waals surface area contributed by atoms with Gasteiger partial charge in [-0.2, -0.15) is 0 Å². The second-order valence-corrected chi connectivity index (χ2v) is 6.93. The minimum Gasteiger partial charge on any atom is -0.316 e. The van der Waals surface area contributed by atoms with Gasteiger partial charge in [-0.05, 0) is 57.2 Å².